The Hall–Kier alpha value is -1.01. The number of unbranched alkanes of at least 4 members (excludes halogenated alkanes) is 28. The molecular formula is C50H97NO13. The molecule has 14 heteroatoms. The fourth-order valence-electron chi connectivity index (χ4n) is 9.00. The molecule has 0 bridgehead atoms. The van der Waals surface area contributed by atoms with E-state index in [1.54, 1.807) is 0 Å². The first kappa shape index (κ1) is 59.1. The van der Waals surface area contributed by atoms with Gasteiger partial charge in [-0.3, -0.25) is 4.79 Å². The number of hydrogen-bond acceptors (Lipinski definition) is 13. The van der Waals surface area contributed by atoms with Gasteiger partial charge in [-0.25, -0.2) is 0 Å². The van der Waals surface area contributed by atoms with Gasteiger partial charge in [0.25, 0.3) is 0 Å². The van der Waals surface area contributed by atoms with E-state index in [1.807, 2.05) is 0 Å². The van der Waals surface area contributed by atoms with Gasteiger partial charge in [0.05, 0.1) is 32.0 Å². The van der Waals surface area contributed by atoms with Crippen molar-refractivity contribution in [1.29, 1.82) is 0 Å². The molecule has 9 N–H and O–H groups in total. The van der Waals surface area contributed by atoms with E-state index in [-0.39, 0.29) is 12.5 Å². The fraction of sp³-hybridized carbons (Fsp3) is 0.980. The Labute approximate surface area is 387 Å². The van der Waals surface area contributed by atoms with Crippen LogP contribution in [0.15, 0.2) is 0 Å². The van der Waals surface area contributed by atoms with Gasteiger partial charge in [-0.2, -0.15) is 0 Å². The third kappa shape index (κ3) is 24.8. The second-order valence-electron chi connectivity index (χ2n) is 19.0. The summed E-state index contributed by atoms with van der Waals surface area (Å²) < 4.78 is 22.8. The van der Waals surface area contributed by atoms with Crippen molar-refractivity contribution in [1.82, 2.24) is 5.32 Å². The summed E-state index contributed by atoms with van der Waals surface area (Å²) in [6, 6.07) is -0.820. The lowest BCUT2D eigenvalue weighted by Gasteiger charge is -2.46. The summed E-state index contributed by atoms with van der Waals surface area (Å²) in [7, 11) is 0. The second kappa shape index (κ2) is 37.9. The topological polar surface area (TPSA) is 228 Å². The predicted octanol–water partition coefficient (Wildman–Crippen LogP) is 7.00. The molecule has 64 heavy (non-hydrogen) atoms. The lowest BCUT2D eigenvalue weighted by atomic mass is 9.97. The van der Waals surface area contributed by atoms with Crippen LogP contribution in [-0.4, -0.2) is 140 Å². The number of amides is 1. The Morgan fingerprint density at radius 1 is 0.500 bits per heavy atom. The molecule has 380 valence electrons. The molecule has 0 aromatic carbocycles. The predicted molar refractivity (Wildman–Crippen MR) is 249 cm³/mol. The van der Waals surface area contributed by atoms with E-state index in [2.05, 4.69) is 19.2 Å². The molecule has 2 fully saturated rings. The molecule has 0 spiro atoms. The molecule has 2 rings (SSSR count). The maximum atomic E-state index is 13.2. The van der Waals surface area contributed by atoms with Crippen molar-refractivity contribution in [3.63, 3.8) is 0 Å². The van der Waals surface area contributed by atoms with Crippen LogP contribution in [0.3, 0.4) is 0 Å². The highest BCUT2D eigenvalue weighted by Crippen LogP contribution is 2.30. The number of aliphatic hydroxyl groups excluding tert-OH is 8. The van der Waals surface area contributed by atoms with Gasteiger partial charge in [-0.1, -0.05) is 200 Å². The van der Waals surface area contributed by atoms with Crippen LogP contribution in [0.5, 0.6) is 0 Å². The van der Waals surface area contributed by atoms with Crippen LogP contribution in [0.25, 0.3) is 0 Å². The Morgan fingerprint density at radius 2 is 0.891 bits per heavy atom. The van der Waals surface area contributed by atoms with Crippen molar-refractivity contribution in [3.05, 3.63) is 0 Å². The number of rotatable bonds is 41. The third-order valence-corrected chi connectivity index (χ3v) is 13.3. The number of ether oxygens (including phenoxy) is 4. The number of hydrogen-bond donors (Lipinski definition) is 9. The highest BCUT2D eigenvalue weighted by atomic mass is 16.7. The average Bonchev–Trinajstić information content (AvgIpc) is 3.29. The zero-order valence-corrected chi connectivity index (χ0v) is 40.3. The SMILES string of the molecule is CCCCCCCCCCCCCCCCCC[C@@H](O)[C@H](CO[C@@H]1O[C@H](CO)[C@@H](O[C@@H]2O[C@H](CO)[C@H](O)C(O)C2O)C(O)C1O)NC(=O)CCCCCCCCCCCCCCCC. The maximum Gasteiger partial charge on any atom is 0.220 e. The Morgan fingerprint density at radius 3 is 1.33 bits per heavy atom. The summed E-state index contributed by atoms with van der Waals surface area (Å²) in [5.41, 5.74) is 0. The zero-order chi connectivity index (χ0) is 46.8. The van der Waals surface area contributed by atoms with Gasteiger partial charge in [0.1, 0.15) is 48.8 Å². The van der Waals surface area contributed by atoms with Crippen LogP contribution in [0.1, 0.15) is 219 Å². The Balaban J connectivity index is 1.82. The average molecular weight is 920 g/mol. The molecule has 2 aliphatic heterocycles. The van der Waals surface area contributed by atoms with Crippen molar-refractivity contribution in [2.24, 2.45) is 0 Å². The largest absolute Gasteiger partial charge is 0.394 e. The number of aliphatic hydroxyl groups is 8. The first-order valence-corrected chi connectivity index (χ1v) is 26.3. The molecular weight excluding hydrogens is 823 g/mol. The van der Waals surface area contributed by atoms with E-state index in [0.717, 1.165) is 51.4 Å². The summed E-state index contributed by atoms with van der Waals surface area (Å²) in [5, 5.41) is 86.9. The molecule has 2 heterocycles. The highest BCUT2D eigenvalue weighted by molar-refractivity contribution is 5.76. The normalized spacial score (nSPS) is 27.2. The summed E-state index contributed by atoms with van der Waals surface area (Å²) in [6.45, 7) is 2.87. The van der Waals surface area contributed by atoms with Crippen molar-refractivity contribution in [3.8, 4) is 0 Å². The quantitative estimate of drug-likeness (QED) is 0.0282. The van der Waals surface area contributed by atoms with Gasteiger partial charge < -0.3 is 65.1 Å². The summed E-state index contributed by atoms with van der Waals surface area (Å²) >= 11 is 0. The molecule has 0 aromatic rings. The Bertz CT molecular complexity index is 1090. The molecule has 0 radical (unpaired) electrons. The van der Waals surface area contributed by atoms with E-state index in [1.165, 1.54) is 141 Å². The van der Waals surface area contributed by atoms with Crippen LogP contribution in [0, 0.1) is 0 Å². The Kier molecular flexibility index (Phi) is 35.0. The molecule has 1 amide bonds. The number of carbonyl (C=O) groups is 1. The van der Waals surface area contributed by atoms with Crippen molar-refractivity contribution in [2.75, 3.05) is 19.8 Å². The van der Waals surface area contributed by atoms with Crippen LogP contribution in [0.4, 0.5) is 0 Å². The highest BCUT2D eigenvalue weighted by Gasteiger charge is 2.51. The number of nitrogens with one attached hydrogen (secondary N) is 1. The molecule has 0 saturated carbocycles. The summed E-state index contributed by atoms with van der Waals surface area (Å²) in [4.78, 5) is 13.2. The minimum Gasteiger partial charge on any atom is -0.394 e. The summed E-state index contributed by atoms with van der Waals surface area (Å²) in [5.74, 6) is -0.204. The fourth-order valence-corrected chi connectivity index (χ4v) is 9.00. The molecule has 12 atom stereocenters. The molecule has 0 aromatic heterocycles. The van der Waals surface area contributed by atoms with E-state index < -0.39 is 86.8 Å². The lowest BCUT2D eigenvalue weighted by Crippen LogP contribution is -2.65. The van der Waals surface area contributed by atoms with Crippen LogP contribution in [0.2, 0.25) is 0 Å². The van der Waals surface area contributed by atoms with E-state index >= 15 is 0 Å². The first-order chi connectivity index (χ1) is 31.1. The van der Waals surface area contributed by atoms with Crippen molar-refractivity contribution in [2.45, 2.75) is 293 Å². The van der Waals surface area contributed by atoms with Crippen LogP contribution >= 0.6 is 0 Å². The number of carbonyl (C=O) groups excluding carboxylic acids is 1. The van der Waals surface area contributed by atoms with E-state index in [9.17, 15) is 45.6 Å². The molecule has 4 unspecified atom stereocenters. The van der Waals surface area contributed by atoms with Gasteiger partial charge in [-0.15, -0.1) is 0 Å². The maximum absolute atomic E-state index is 13.2. The van der Waals surface area contributed by atoms with Gasteiger partial charge in [0, 0.05) is 6.42 Å². The molecule has 14 nitrogen and oxygen atoms in total. The van der Waals surface area contributed by atoms with Gasteiger partial charge >= 0.3 is 0 Å². The van der Waals surface area contributed by atoms with Crippen molar-refractivity contribution < 1.29 is 64.6 Å². The zero-order valence-electron chi connectivity index (χ0n) is 40.3. The lowest BCUT2D eigenvalue weighted by molar-refractivity contribution is -0.359. The van der Waals surface area contributed by atoms with Gasteiger partial charge in [0.15, 0.2) is 12.6 Å². The minimum absolute atomic E-state index is 0.204. The molecule has 0 aliphatic carbocycles. The first-order valence-electron chi connectivity index (χ1n) is 26.3. The van der Waals surface area contributed by atoms with Crippen molar-refractivity contribution >= 4 is 5.91 Å². The van der Waals surface area contributed by atoms with Crippen LogP contribution < -0.4 is 5.32 Å². The molecule has 2 aliphatic rings. The monoisotopic (exact) mass is 920 g/mol. The van der Waals surface area contributed by atoms with Gasteiger partial charge in [0.2, 0.25) is 5.91 Å². The van der Waals surface area contributed by atoms with Crippen LogP contribution in [-0.2, 0) is 23.7 Å². The second-order valence-corrected chi connectivity index (χ2v) is 19.0. The van der Waals surface area contributed by atoms with E-state index in [4.69, 9.17) is 18.9 Å². The summed E-state index contributed by atoms with van der Waals surface area (Å²) in [6.07, 6.45) is 21.0. The third-order valence-electron chi connectivity index (χ3n) is 13.3. The van der Waals surface area contributed by atoms with E-state index in [0.29, 0.717) is 12.8 Å². The smallest absolute Gasteiger partial charge is 0.220 e. The van der Waals surface area contributed by atoms with Gasteiger partial charge in [-0.05, 0) is 12.8 Å². The minimum atomic E-state index is -1.78. The molecule has 2 saturated heterocycles. The standard InChI is InChI=1S/C50H97NO13/c1-3-5-7-9-11-13-15-17-19-20-21-23-25-27-29-31-33-39(54)38(51-42(55)34-32-30-28-26-24-22-18-16-14-12-10-8-6-4-2)37-61-49-47(60)45(58)48(41(36-53)63-49)64-50-46(59)44(57)43(56)40(35-52)62-50/h38-41,43-50,52-54,56-60H,3-37H2,1-2H3,(H,51,55)/t38-,39+,40+,41+,43-,44?,45?,46?,47?,48+,49+,50-/m0/s1.